The quantitative estimate of drug-likeness (QED) is 0.596. The van der Waals surface area contributed by atoms with Gasteiger partial charge in [0.2, 0.25) is 15.8 Å². The van der Waals surface area contributed by atoms with E-state index in [1.807, 2.05) is 13.8 Å². The topological polar surface area (TPSA) is 80.5 Å². The number of sulfonamides is 1. The Bertz CT molecular complexity index is 642. The van der Waals surface area contributed by atoms with Crippen LogP contribution in [0.3, 0.4) is 0 Å². The normalized spacial score (nSPS) is 12.1. The zero-order valence-electron chi connectivity index (χ0n) is 12.5. The molecule has 1 aromatic carbocycles. The van der Waals surface area contributed by atoms with Gasteiger partial charge in [0.05, 0.1) is 9.82 Å². The van der Waals surface area contributed by atoms with Crippen LogP contribution in [0.5, 0.6) is 0 Å². The third kappa shape index (κ3) is 3.38. The molecule has 6 nitrogen and oxygen atoms in total. The van der Waals surface area contributed by atoms with Crippen LogP contribution in [0.1, 0.15) is 32.3 Å². The van der Waals surface area contributed by atoms with Gasteiger partial charge in [-0.3, -0.25) is 10.1 Å². The lowest BCUT2D eigenvalue weighted by atomic mass is 10.2. The second-order valence-electron chi connectivity index (χ2n) is 4.82. The van der Waals surface area contributed by atoms with Gasteiger partial charge >= 0.3 is 5.69 Å². The number of hydrogen-bond acceptors (Lipinski definition) is 4. The highest BCUT2D eigenvalue weighted by molar-refractivity contribution is 7.89. The van der Waals surface area contributed by atoms with Gasteiger partial charge in [0.15, 0.2) is 0 Å². The molecule has 0 saturated carbocycles. The third-order valence-electron chi connectivity index (χ3n) is 3.54. The monoisotopic (exact) mass is 318 g/mol. The third-order valence-corrected chi connectivity index (χ3v) is 5.43. The van der Waals surface area contributed by atoms with Crippen molar-refractivity contribution >= 4 is 15.7 Å². The number of benzene rings is 1. The molecule has 0 bridgehead atoms. The van der Waals surface area contributed by atoms with Crippen LogP contribution >= 0.6 is 0 Å². The Balaban J connectivity index is 3.42. The highest BCUT2D eigenvalue weighted by Crippen LogP contribution is 2.27. The summed E-state index contributed by atoms with van der Waals surface area (Å²) in [5.74, 6) is -1.01. The van der Waals surface area contributed by atoms with Gasteiger partial charge in [-0.25, -0.2) is 8.42 Å². The Labute approximate surface area is 123 Å². The standard InChI is InChI=1S/C13H19FN2O4S/c1-5-10(6-2)15(4)21(19,20)11-7-9(3)13(14)12(8-11)16(17)18/h7-8,10H,5-6H2,1-4H3. The molecule has 1 aromatic rings. The van der Waals surface area contributed by atoms with E-state index in [-0.39, 0.29) is 16.5 Å². The smallest absolute Gasteiger partial charge is 0.258 e. The maximum Gasteiger partial charge on any atom is 0.306 e. The van der Waals surface area contributed by atoms with E-state index in [9.17, 15) is 22.9 Å². The number of rotatable bonds is 6. The first-order valence-electron chi connectivity index (χ1n) is 6.59. The lowest BCUT2D eigenvalue weighted by molar-refractivity contribution is -0.387. The van der Waals surface area contributed by atoms with E-state index < -0.39 is 26.5 Å². The minimum absolute atomic E-state index is 0.0688. The Kier molecular flexibility index (Phi) is 5.41. The van der Waals surface area contributed by atoms with E-state index in [1.54, 1.807) is 0 Å². The molecule has 0 amide bonds. The molecule has 1 rings (SSSR count). The fraction of sp³-hybridized carbons (Fsp3) is 0.538. The van der Waals surface area contributed by atoms with Crippen molar-refractivity contribution < 1.29 is 17.7 Å². The van der Waals surface area contributed by atoms with Gasteiger partial charge in [-0.15, -0.1) is 0 Å². The molecule has 118 valence electrons. The summed E-state index contributed by atoms with van der Waals surface area (Å²) in [7, 11) is -2.47. The van der Waals surface area contributed by atoms with E-state index in [1.165, 1.54) is 18.3 Å². The Morgan fingerprint density at radius 1 is 1.33 bits per heavy atom. The van der Waals surface area contributed by atoms with Crippen molar-refractivity contribution in [2.75, 3.05) is 7.05 Å². The highest BCUT2D eigenvalue weighted by Gasteiger charge is 2.29. The largest absolute Gasteiger partial charge is 0.306 e. The number of nitrogens with zero attached hydrogens (tertiary/aromatic N) is 2. The molecule has 0 spiro atoms. The fourth-order valence-electron chi connectivity index (χ4n) is 2.17. The number of nitro benzene ring substituents is 1. The summed E-state index contributed by atoms with van der Waals surface area (Å²) in [5, 5.41) is 10.8. The zero-order valence-corrected chi connectivity index (χ0v) is 13.3. The fourth-order valence-corrected chi connectivity index (χ4v) is 3.78. The van der Waals surface area contributed by atoms with Crippen LogP contribution in [0.4, 0.5) is 10.1 Å². The van der Waals surface area contributed by atoms with E-state index in [0.29, 0.717) is 12.8 Å². The number of hydrogen-bond donors (Lipinski definition) is 0. The minimum atomic E-state index is -3.90. The second-order valence-corrected chi connectivity index (χ2v) is 6.82. The summed E-state index contributed by atoms with van der Waals surface area (Å²) in [5.41, 5.74) is -0.896. The first-order chi connectivity index (χ1) is 9.66. The number of nitro groups is 1. The van der Waals surface area contributed by atoms with Crippen LogP contribution in [-0.2, 0) is 10.0 Å². The van der Waals surface area contributed by atoms with Crippen LogP contribution in [0, 0.1) is 22.9 Å². The van der Waals surface area contributed by atoms with Crippen molar-refractivity contribution in [3.63, 3.8) is 0 Å². The Morgan fingerprint density at radius 2 is 1.86 bits per heavy atom. The average molecular weight is 318 g/mol. The van der Waals surface area contributed by atoms with E-state index in [0.717, 1.165) is 12.1 Å². The van der Waals surface area contributed by atoms with Crippen molar-refractivity contribution in [1.29, 1.82) is 0 Å². The second kappa shape index (κ2) is 6.48. The van der Waals surface area contributed by atoms with Crippen LogP contribution in [-0.4, -0.2) is 30.7 Å². The summed E-state index contributed by atoms with van der Waals surface area (Å²) in [6.07, 6.45) is 1.24. The summed E-state index contributed by atoms with van der Waals surface area (Å²) in [4.78, 5) is 9.65. The lowest BCUT2D eigenvalue weighted by Crippen LogP contribution is -2.36. The van der Waals surface area contributed by atoms with Crippen molar-refractivity contribution in [3.8, 4) is 0 Å². The molecular formula is C13H19FN2O4S. The van der Waals surface area contributed by atoms with E-state index >= 15 is 0 Å². The molecule has 8 heteroatoms. The summed E-state index contributed by atoms with van der Waals surface area (Å²) >= 11 is 0. The van der Waals surface area contributed by atoms with Crippen LogP contribution in [0.25, 0.3) is 0 Å². The molecule has 0 aromatic heterocycles. The van der Waals surface area contributed by atoms with Gasteiger partial charge in [0.25, 0.3) is 0 Å². The minimum Gasteiger partial charge on any atom is -0.258 e. The van der Waals surface area contributed by atoms with Crippen molar-refractivity contribution in [3.05, 3.63) is 33.6 Å². The van der Waals surface area contributed by atoms with Crippen molar-refractivity contribution in [2.45, 2.75) is 44.6 Å². The van der Waals surface area contributed by atoms with Gasteiger partial charge in [0.1, 0.15) is 0 Å². The molecule has 0 aliphatic heterocycles. The average Bonchev–Trinajstić information content (AvgIpc) is 2.42. The van der Waals surface area contributed by atoms with Gasteiger partial charge in [-0.05, 0) is 31.4 Å². The predicted molar refractivity (Wildman–Crippen MR) is 77.1 cm³/mol. The summed E-state index contributed by atoms with van der Waals surface area (Å²) in [6.45, 7) is 5.02. The molecule has 0 unspecified atom stereocenters. The van der Waals surface area contributed by atoms with Crippen molar-refractivity contribution in [1.82, 2.24) is 4.31 Å². The van der Waals surface area contributed by atoms with Gasteiger partial charge < -0.3 is 0 Å². The predicted octanol–water partition coefficient (Wildman–Crippen LogP) is 2.85. The van der Waals surface area contributed by atoms with Crippen LogP contribution in [0.15, 0.2) is 17.0 Å². The molecule has 0 fully saturated rings. The first kappa shape index (κ1) is 17.5. The maximum absolute atomic E-state index is 13.7. The SMILES string of the molecule is CCC(CC)N(C)S(=O)(=O)c1cc(C)c(F)c([N+](=O)[O-])c1. The Morgan fingerprint density at radius 3 is 2.29 bits per heavy atom. The molecule has 0 heterocycles. The molecule has 0 aliphatic carbocycles. The molecule has 0 atom stereocenters. The molecule has 0 saturated heterocycles. The van der Waals surface area contributed by atoms with E-state index in [4.69, 9.17) is 0 Å². The molecule has 0 N–H and O–H groups in total. The lowest BCUT2D eigenvalue weighted by Gasteiger charge is -2.25. The number of halogens is 1. The first-order valence-corrected chi connectivity index (χ1v) is 8.03. The van der Waals surface area contributed by atoms with Crippen molar-refractivity contribution in [2.24, 2.45) is 0 Å². The van der Waals surface area contributed by atoms with Gasteiger partial charge in [-0.1, -0.05) is 13.8 Å². The Hall–Kier alpha value is -1.54. The van der Waals surface area contributed by atoms with Crippen LogP contribution < -0.4 is 0 Å². The zero-order chi connectivity index (χ0) is 16.4. The van der Waals surface area contributed by atoms with Crippen LogP contribution in [0.2, 0.25) is 0 Å². The summed E-state index contributed by atoms with van der Waals surface area (Å²) < 4.78 is 39.9. The molecular weight excluding hydrogens is 299 g/mol. The number of aryl methyl sites for hydroxylation is 1. The summed E-state index contributed by atoms with van der Waals surface area (Å²) in [6, 6.07) is 1.69. The van der Waals surface area contributed by atoms with Gasteiger partial charge in [-0.2, -0.15) is 8.70 Å². The molecule has 21 heavy (non-hydrogen) atoms. The maximum atomic E-state index is 13.7. The van der Waals surface area contributed by atoms with Gasteiger partial charge in [0, 0.05) is 19.2 Å². The van der Waals surface area contributed by atoms with E-state index in [2.05, 4.69) is 0 Å². The molecule has 0 radical (unpaired) electrons. The highest BCUT2D eigenvalue weighted by atomic mass is 32.2. The molecule has 0 aliphatic rings.